The Kier molecular flexibility index (Phi) is 2.97. The minimum atomic E-state index is -0.354. The van der Waals surface area contributed by atoms with Crippen LogP contribution in [0.25, 0.3) is 22.0 Å². The number of nitrogen functional groups attached to an aromatic ring is 1. The first-order valence-corrected chi connectivity index (χ1v) is 6.54. The maximum atomic E-state index is 12.8. The molecule has 0 aliphatic rings. The minimum absolute atomic E-state index is 0.354. The fourth-order valence-electron chi connectivity index (χ4n) is 1.75. The van der Waals surface area contributed by atoms with Gasteiger partial charge in [-0.15, -0.1) is 11.3 Å². The van der Waals surface area contributed by atoms with Crippen molar-refractivity contribution in [2.45, 2.75) is 0 Å². The number of para-hydroxylation sites is 1. The van der Waals surface area contributed by atoms with E-state index in [4.69, 9.17) is 5.73 Å². The van der Waals surface area contributed by atoms with Crippen molar-refractivity contribution in [1.82, 2.24) is 9.97 Å². The molecule has 2 heterocycles. The van der Waals surface area contributed by atoms with Crippen LogP contribution in [0.3, 0.4) is 0 Å². The first-order valence-electron chi connectivity index (χ1n) is 5.66. The van der Waals surface area contributed by atoms with Gasteiger partial charge in [0.2, 0.25) is 0 Å². The molecule has 2 aromatic heterocycles. The molecule has 0 spiro atoms. The van der Waals surface area contributed by atoms with Crippen molar-refractivity contribution in [3.05, 3.63) is 53.8 Å². The van der Waals surface area contributed by atoms with E-state index in [-0.39, 0.29) is 5.82 Å². The highest BCUT2D eigenvalue weighted by Gasteiger charge is 2.09. The third-order valence-corrected chi connectivity index (χ3v) is 3.55. The molecule has 0 saturated heterocycles. The molecule has 3 aromatic rings. The lowest BCUT2D eigenvalue weighted by Crippen LogP contribution is -1.89. The summed E-state index contributed by atoms with van der Waals surface area (Å²) < 4.78 is 12.8. The van der Waals surface area contributed by atoms with Gasteiger partial charge in [-0.25, -0.2) is 9.37 Å². The highest BCUT2D eigenvalue weighted by atomic mass is 32.1. The average Bonchev–Trinajstić information content (AvgIpc) is 2.89. The number of benzene rings is 1. The number of nitrogens with zero attached hydrogens (tertiary/aromatic N) is 2. The number of halogens is 1. The van der Waals surface area contributed by atoms with Gasteiger partial charge in [0, 0.05) is 16.6 Å². The molecule has 94 valence electrons. The molecular weight excluding hydrogens is 261 g/mol. The van der Waals surface area contributed by atoms with Crippen LogP contribution in [-0.2, 0) is 0 Å². The Hall–Kier alpha value is -2.27. The zero-order chi connectivity index (χ0) is 13.2. The fourth-order valence-corrected chi connectivity index (χ4v) is 2.54. The number of pyridine rings is 1. The largest absolute Gasteiger partial charge is 0.398 e. The van der Waals surface area contributed by atoms with Crippen molar-refractivity contribution in [3.63, 3.8) is 0 Å². The SMILES string of the molecule is Nc1ccccc1-c1csc(-c2ccc(F)cn2)n1. The zero-order valence-corrected chi connectivity index (χ0v) is 10.7. The molecule has 3 nitrogen and oxygen atoms in total. The topological polar surface area (TPSA) is 51.8 Å². The quantitative estimate of drug-likeness (QED) is 0.725. The van der Waals surface area contributed by atoms with E-state index in [2.05, 4.69) is 9.97 Å². The second-order valence-corrected chi connectivity index (χ2v) is 4.84. The van der Waals surface area contributed by atoms with Crippen molar-refractivity contribution in [2.75, 3.05) is 5.73 Å². The summed E-state index contributed by atoms with van der Waals surface area (Å²) in [5.74, 6) is -0.354. The Morgan fingerprint density at radius 1 is 1.05 bits per heavy atom. The van der Waals surface area contributed by atoms with Crippen molar-refractivity contribution >= 4 is 17.0 Å². The van der Waals surface area contributed by atoms with Gasteiger partial charge >= 0.3 is 0 Å². The molecule has 5 heteroatoms. The molecule has 2 N–H and O–H groups in total. The maximum absolute atomic E-state index is 12.8. The molecule has 0 fully saturated rings. The Labute approximate surface area is 113 Å². The predicted octanol–water partition coefficient (Wildman–Crippen LogP) is 3.59. The summed E-state index contributed by atoms with van der Waals surface area (Å²) in [6.07, 6.45) is 1.19. The summed E-state index contributed by atoms with van der Waals surface area (Å²) in [4.78, 5) is 8.51. The van der Waals surface area contributed by atoms with E-state index in [1.807, 2.05) is 29.6 Å². The smallest absolute Gasteiger partial charge is 0.142 e. The Balaban J connectivity index is 2.00. The normalized spacial score (nSPS) is 10.6. The lowest BCUT2D eigenvalue weighted by Gasteiger charge is -2.00. The Morgan fingerprint density at radius 3 is 2.63 bits per heavy atom. The van der Waals surface area contributed by atoms with E-state index in [1.165, 1.54) is 23.6 Å². The van der Waals surface area contributed by atoms with Crippen LogP contribution in [0.4, 0.5) is 10.1 Å². The molecule has 0 radical (unpaired) electrons. The number of anilines is 1. The molecular formula is C14H10FN3S. The number of thiazole rings is 1. The predicted molar refractivity (Wildman–Crippen MR) is 75.2 cm³/mol. The van der Waals surface area contributed by atoms with Crippen molar-refractivity contribution < 1.29 is 4.39 Å². The highest BCUT2D eigenvalue weighted by Crippen LogP contribution is 2.30. The van der Waals surface area contributed by atoms with Gasteiger partial charge in [0.15, 0.2) is 0 Å². The van der Waals surface area contributed by atoms with Crippen LogP contribution in [0.5, 0.6) is 0 Å². The van der Waals surface area contributed by atoms with Crippen molar-refractivity contribution in [3.8, 4) is 22.0 Å². The second-order valence-electron chi connectivity index (χ2n) is 3.99. The minimum Gasteiger partial charge on any atom is -0.398 e. The zero-order valence-electron chi connectivity index (χ0n) is 9.88. The van der Waals surface area contributed by atoms with Crippen LogP contribution < -0.4 is 5.73 Å². The molecule has 0 unspecified atom stereocenters. The summed E-state index contributed by atoms with van der Waals surface area (Å²) in [6.45, 7) is 0. The highest BCUT2D eigenvalue weighted by molar-refractivity contribution is 7.13. The van der Waals surface area contributed by atoms with Gasteiger partial charge in [0.25, 0.3) is 0 Å². The Bertz CT molecular complexity index is 707. The van der Waals surface area contributed by atoms with Crippen LogP contribution >= 0.6 is 11.3 Å². The van der Waals surface area contributed by atoms with E-state index >= 15 is 0 Å². The van der Waals surface area contributed by atoms with Crippen LogP contribution in [0.2, 0.25) is 0 Å². The summed E-state index contributed by atoms with van der Waals surface area (Å²) in [6, 6.07) is 10.6. The van der Waals surface area contributed by atoms with Gasteiger partial charge < -0.3 is 5.73 Å². The van der Waals surface area contributed by atoms with E-state index in [9.17, 15) is 4.39 Å². The molecule has 0 amide bonds. The molecule has 0 bridgehead atoms. The van der Waals surface area contributed by atoms with Gasteiger partial charge in [0.05, 0.1) is 17.6 Å². The Morgan fingerprint density at radius 2 is 1.89 bits per heavy atom. The van der Waals surface area contributed by atoms with Gasteiger partial charge in [-0.2, -0.15) is 0 Å². The van der Waals surface area contributed by atoms with Crippen molar-refractivity contribution in [2.24, 2.45) is 0 Å². The number of rotatable bonds is 2. The van der Waals surface area contributed by atoms with Crippen LogP contribution in [0.15, 0.2) is 48.0 Å². The van der Waals surface area contributed by atoms with Crippen LogP contribution in [0, 0.1) is 5.82 Å². The van der Waals surface area contributed by atoms with E-state index in [0.717, 1.165) is 16.3 Å². The van der Waals surface area contributed by atoms with Crippen molar-refractivity contribution in [1.29, 1.82) is 0 Å². The standard InChI is InChI=1S/C14H10FN3S/c15-9-5-6-12(17-7-9)14-18-13(8-19-14)10-3-1-2-4-11(10)16/h1-8H,16H2. The lowest BCUT2D eigenvalue weighted by atomic mass is 10.1. The number of hydrogen-bond acceptors (Lipinski definition) is 4. The molecule has 3 rings (SSSR count). The monoisotopic (exact) mass is 271 g/mol. The molecule has 0 atom stereocenters. The third kappa shape index (κ3) is 2.32. The molecule has 0 aliphatic carbocycles. The van der Waals surface area contributed by atoms with Gasteiger partial charge in [0.1, 0.15) is 10.8 Å². The lowest BCUT2D eigenvalue weighted by molar-refractivity contribution is 0.622. The fraction of sp³-hybridized carbons (Fsp3) is 0. The van der Waals surface area contributed by atoms with E-state index < -0.39 is 0 Å². The van der Waals surface area contributed by atoms with Crippen LogP contribution in [0.1, 0.15) is 0 Å². The summed E-state index contributed by atoms with van der Waals surface area (Å²) >= 11 is 1.46. The number of aromatic nitrogens is 2. The van der Waals surface area contributed by atoms with E-state index in [0.29, 0.717) is 11.4 Å². The maximum Gasteiger partial charge on any atom is 0.142 e. The first-order chi connectivity index (χ1) is 9.24. The summed E-state index contributed by atoms with van der Waals surface area (Å²) in [7, 11) is 0. The van der Waals surface area contributed by atoms with Gasteiger partial charge in [-0.1, -0.05) is 18.2 Å². The van der Waals surface area contributed by atoms with Gasteiger partial charge in [-0.05, 0) is 18.2 Å². The molecule has 0 saturated carbocycles. The first kappa shape index (κ1) is 11.8. The van der Waals surface area contributed by atoms with E-state index in [1.54, 1.807) is 6.07 Å². The molecule has 0 aliphatic heterocycles. The average molecular weight is 271 g/mol. The second kappa shape index (κ2) is 4.78. The number of nitrogens with two attached hydrogens (primary N) is 1. The third-order valence-electron chi connectivity index (χ3n) is 2.69. The summed E-state index contributed by atoms with van der Waals surface area (Å²) in [5.41, 5.74) is 8.97. The number of hydrogen-bond donors (Lipinski definition) is 1. The van der Waals surface area contributed by atoms with Crippen LogP contribution in [-0.4, -0.2) is 9.97 Å². The summed E-state index contributed by atoms with van der Waals surface area (Å²) in [5, 5.41) is 2.67. The molecule has 19 heavy (non-hydrogen) atoms. The molecule has 1 aromatic carbocycles. The van der Waals surface area contributed by atoms with Gasteiger partial charge in [-0.3, -0.25) is 4.98 Å².